The van der Waals surface area contributed by atoms with Crippen molar-refractivity contribution in [3.05, 3.63) is 24.3 Å². The first-order valence-corrected chi connectivity index (χ1v) is 7.66. The number of hydrogen-bond donors (Lipinski definition) is 1. The van der Waals surface area contributed by atoms with E-state index in [0.717, 1.165) is 16.4 Å². The summed E-state index contributed by atoms with van der Waals surface area (Å²) in [7, 11) is 3.08. The zero-order valence-corrected chi connectivity index (χ0v) is 13.3. The number of para-hydroxylation sites is 1. The summed E-state index contributed by atoms with van der Waals surface area (Å²) in [6.45, 7) is 4.03. The van der Waals surface area contributed by atoms with Crippen molar-refractivity contribution < 1.29 is 14.3 Å². The number of nitrogens with one attached hydrogen (secondary N) is 1. The monoisotopic (exact) mass is 297 g/mol. The summed E-state index contributed by atoms with van der Waals surface area (Å²) < 4.78 is 10.1. The summed E-state index contributed by atoms with van der Waals surface area (Å²) in [5, 5.41) is 3.23. The van der Waals surface area contributed by atoms with Crippen molar-refractivity contribution in [3.63, 3.8) is 0 Å². The van der Waals surface area contributed by atoms with Crippen molar-refractivity contribution in [2.24, 2.45) is 0 Å². The van der Waals surface area contributed by atoms with Crippen LogP contribution in [0.2, 0.25) is 0 Å². The average molecular weight is 297 g/mol. The third kappa shape index (κ3) is 5.43. The summed E-state index contributed by atoms with van der Waals surface area (Å²) in [6.07, 6.45) is 0.716. The molecule has 1 unspecified atom stereocenters. The molecular weight excluding hydrogens is 274 g/mol. The minimum Gasteiger partial charge on any atom is -0.496 e. The molecule has 0 saturated heterocycles. The van der Waals surface area contributed by atoms with Gasteiger partial charge in [-0.05, 0) is 18.6 Å². The maximum absolute atomic E-state index is 11.7. The van der Waals surface area contributed by atoms with Gasteiger partial charge in [-0.1, -0.05) is 26.0 Å². The molecular formula is C15H23NO3S. The number of esters is 1. The zero-order chi connectivity index (χ0) is 15.0. The fourth-order valence-electron chi connectivity index (χ4n) is 1.84. The highest BCUT2D eigenvalue weighted by molar-refractivity contribution is 7.99. The van der Waals surface area contributed by atoms with E-state index in [1.807, 2.05) is 38.1 Å². The average Bonchev–Trinajstić information content (AvgIpc) is 2.45. The van der Waals surface area contributed by atoms with Gasteiger partial charge in [-0.15, -0.1) is 11.8 Å². The second-order valence-corrected chi connectivity index (χ2v) is 5.82. The lowest BCUT2D eigenvalue weighted by Crippen LogP contribution is -2.41. The van der Waals surface area contributed by atoms with Crippen LogP contribution in [0.25, 0.3) is 0 Å². The highest BCUT2D eigenvalue weighted by Gasteiger charge is 2.19. The van der Waals surface area contributed by atoms with Crippen LogP contribution in [-0.4, -0.2) is 38.0 Å². The topological polar surface area (TPSA) is 47.6 Å². The lowest BCUT2D eigenvalue weighted by atomic mass is 10.2. The van der Waals surface area contributed by atoms with Crippen molar-refractivity contribution >= 4 is 17.7 Å². The predicted molar refractivity (Wildman–Crippen MR) is 82.4 cm³/mol. The van der Waals surface area contributed by atoms with Gasteiger partial charge in [0.25, 0.3) is 0 Å². The summed E-state index contributed by atoms with van der Waals surface area (Å²) in [5.74, 6) is 1.48. The number of carbonyl (C=O) groups is 1. The van der Waals surface area contributed by atoms with Crippen LogP contribution >= 0.6 is 11.8 Å². The molecule has 0 saturated carbocycles. The Morgan fingerprint density at radius 1 is 1.30 bits per heavy atom. The zero-order valence-electron chi connectivity index (χ0n) is 12.5. The maximum Gasteiger partial charge on any atom is 0.322 e. The van der Waals surface area contributed by atoms with E-state index >= 15 is 0 Å². The summed E-state index contributed by atoms with van der Waals surface area (Å²) in [6, 6.07) is 7.87. The smallest absolute Gasteiger partial charge is 0.322 e. The van der Waals surface area contributed by atoms with Crippen molar-refractivity contribution in [3.8, 4) is 5.75 Å². The molecule has 0 amide bonds. The summed E-state index contributed by atoms with van der Waals surface area (Å²) >= 11 is 1.68. The van der Waals surface area contributed by atoms with Crippen LogP contribution in [0.4, 0.5) is 0 Å². The van der Waals surface area contributed by atoms with Crippen molar-refractivity contribution in [1.82, 2.24) is 5.32 Å². The van der Waals surface area contributed by atoms with Crippen LogP contribution in [0.3, 0.4) is 0 Å². The molecule has 0 radical (unpaired) electrons. The molecule has 0 bridgehead atoms. The number of thioether (sulfide) groups is 1. The molecule has 1 aromatic carbocycles. The number of rotatable bonds is 8. The molecule has 1 N–H and O–H groups in total. The van der Waals surface area contributed by atoms with E-state index in [2.05, 4.69) is 5.32 Å². The molecule has 1 aromatic rings. The predicted octanol–water partition coefficient (Wildman–Crippen LogP) is 2.72. The van der Waals surface area contributed by atoms with Gasteiger partial charge in [-0.25, -0.2) is 0 Å². The quantitative estimate of drug-likeness (QED) is 0.590. The van der Waals surface area contributed by atoms with Gasteiger partial charge in [0.15, 0.2) is 0 Å². The number of carbonyl (C=O) groups excluding carboxylic acids is 1. The van der Waals surface area contributed by atoms with Crippen molar-refractivity contribution in [2.75, 3.05) is 20.0 Å². The minimum absolute atomic E-state index is 0.209. The van der Waals surface area contributed by atoms with E-state index in [0.29, 0.717) is 6.42 Å². The fraction of sp³-hybridized carbons (Fsp3) is 0.533. The van der Waals surface area contributed by atoms with Crippen molar-refractivity contribution in [1.29, 1.82) is 0 Å². The van der Waals surface area contributed by atoms with Crippen LogP contribution < -0.4 is 10.1 Å². The molecule has 4 nitrogen and oxygen atoms in total. The molecule has 0 aliphatic heterocycles. The second-order valence-electron chi connectivity index (χ2n) is 4.69. The van der Waals surface area contributed by atoms with Gasteiger partial charge >= 0.3 is 5.97 Å². The van der Waals surface area contributed by atoms with Crippen LogP contribution in [0.1, 0.15) is 20.3 Å². The van der Waals surface area contributed by atoms with Gasteiger partial charge in [-0.2, -0.15) is 0 Å². The number of benzene rings is 1. The molecule has 0 fully saturated rings. The SMILES string of the molecule is COC(=O)C(CCSc1ccccc1OC)NC(C)C. The van der Waals surface area contributed by atoms with Gasteiger partial charge in [0.1, 0.15) is 11.8 Å². The lowest BCUT2D eigenvalue weighted by molar-refractivity contribution is -0.143. The van der Waals surface area contributed by atoms with Crippen LogP contribution in [-0.2, 0) is 9.53 Å². The van der Waals surface area contributed by atoms with Gasteiger partial charge in [0.05, 0.1) is 14.2 Å². The van der Waals surface area contributed by atoms with E-state index in [1.165, 1.54) is 7.11 Å². The van der Waals surface area contributed by atoms with E-state index in [4.69, 9.17) is 9.47 Å². The Balaban J connectivity index is 2.53. The molecule has 0 aromatic heterocycles. The first kappa shape index (κ1) is 16.9. The second kappa shape index (κ2) is 8.87. The highest BCUT2D eigenvalue weighted by Crippen LogP contribution is 2.29. The van der Waals surface area contributed by atoms with E-state index in [1.54, 1.807) is 18.9 Å². The first-order chi connectivity index (χ1) is 9.58. The third-order valence-electron chi connectivity index (χ3n) is 2.75. The fourth-order valence-corrected chi connectivity index (χ4v) is 2.88. The molecule has 0 heterocycles. The maximum atomic E-state index is 11.7. The number of methoxy groups -OCH3 is 2. The van der Waals surface area contributed by atoms with Crippen LogP contribution in [0.15, 0.2) is 29.2 Å². The highest BCUT2D eigenvalue weighted by atomic mass is 32.2. The normalized spacial score (nSPS) is 12.2. The number of hydrogen-bond acceptors (Lipinski definition) is 5. The summed E-state index contributed by atoms with van der Waals surface area (Å²) in [5.41, 5.74) is 0. The van der Waals surface area contributed by atoms with Gasteiger partial charge in [-0.3, -0.25) is 4.79 Å². The molecule has 1 atom stereocenters. The van der Waals surface area contributed by atoms with Gasteiger partial charge in [0, 0.05) is 16.7 Å². The van der Waals surface area contributed by atoms with Crippen molar-refractivity contribution in [2.45, 2.75) is 37.2 Å². The third-order valence-corrected chi connectivity index (χ3v) is 3.84. The van der Waals surface area contributed by atoms with E-state index < -0.39 is 0 Å². The van der Waals surface area contributed by atoms with Gasteiger partial charge < -0.3 is 14.8 Å². The molecule has 0 spiro atoms. The van der Waals surface area contributed by atoms with E-state index in [-0.39, 0.29) is 18.1 Å². The lowest BCUT2D eigenvalue weighted by Gasteiger charge is -2.19. The molecule has 20 heavy (non-hydrogen) atoms. The Bertz CT molecular complexity index is 423. The molecule has 5 heteroatoms. The summed E-state index contributed by atoms with van der Waals surface area (Å²) in [4.78, 5) is 12.8. The van der Waals surface area contributed by atoms with Crippen LogP contribution in [0.5, 0.6) is 5.75 Å². The van der Waals surface area contributed by atoms with Gasteiger partial charge in [0.2, 0.25) is 0 Å². The molecule has 0 aliphatic carbocycles. The van der Waals surface area contributed by atoms with E-state index in [9.17, 15) is 4.79 Å². The minimum atomic E-state index is -0.262. The Hall–Kier alpha value is -1.20. The molecule has 0 aliphatic rings. The Morgan fingerprint density at radius 2 is 2.00 bits per heavy atom. The first-order valence-electron chi connectivity index (χ1n) is 6.68. The Morgan fingerprint density at radius 3 is 2.60 bits per heavy atom. The largest absolute Gasteiger partial charge is 0.496 e. The standard InChI is InChI=1S/C15H23NO3S/c1-11(2)16-12(15(17)19-4)9-10-20-14-8-6-5-7-13(14)18-3/h5-8,11-12,16H,9-10H2,1-4H3. The van der Waals surface area contributed by atoms with Crippen LogP contribution in [0, 0.1) is 0 Å². The Kier molecular flexibility index (Phi) is 7.47. The molecule has 1 rings (SSSR count). The Labute approximate surface area is 125 Å². The number of ether oxygens (including phenoxy) is 2. The molecule has 112 valence electrons.